The van der Waals surface area contributed by atoms with Crippen molar-refractivity contribution >= 4 is 0 Å². The van der Waals surface area contributed by atoms with E-state index in [0.717, 1.165) is 5.75 Å². The fourth-order valence-corrected chi connectivity index (χ4v) is 1.64. The van der Waals surface area contributed by atoms with Gasteiger partial charge in [-0.05, 0) is 13.0 Å². The summed E-state index contributed by atoms with van der Waals surface area (Å²) in [7, 11) is 0. The minimum absolute atomic E-state index is 0.223. The Balaban J connectivity index is 2.03. The maximum Gasteiger partial charge on any atom is 0.124 e. The molecule has 1 heterocycles. The number of para-hydroxylation sites is 1. The lowest BCUT2D eigenvalue weighted by molar-refractivity contribution is 0.182. The summed E-state index contributed by atoms with van der Waals surface area (Å²) in [6.45, 7) is 3.03. The Bertz CT molecular complexity index is 312. The van der Waals surface area contributed by atoms with Crippen molar-refractivity contribution in [1.29, 1.82) is 0 Å². The van der Waals surface area contributed by atoms with Gasteiger partial charge in [0.1, 0.15) is 12.4 Å². The smallest absolute Gasteiger partial charge is 0.124 e. The summed E-state index contributed by atoms with van der Waals surface area (Å²) in [6.07, 6.45) is -0.317. The maximum atomic E-state index is 9.16. The highest BCUT2D eigenvalue weighted by molar-refractivity contribution is 5.39. The number of ether oxygens (including phenoxy) is 1. The molecule has 1 aliphatic heterocycles. The van der Waals surface area contributed by atoms with Gasteiger partial charge >= 0.3 is 0 Å². The monoisotopic (exact) mass is 193 g/mol. The fourth-order valence-electron chi connectivity index (χ4n) is 1.64. The Kier molecular flexibility index (Phi) is 2.70. The second-order valence-electron chi connectivity index (χ2n) is 3.66. The van der Waals surface area contributed by atoms with Crippen molar-refractivity contribution < 1.29 is 9.84 Å². The van der Waals surface area contributed by atoms with Crippen LogP contribution in [0.2, 0.25) is 0 Å². The zero-order valence-electron chi connectivity index (χ0n) is 8.23. The fraction of sp³-hybridized carbons (Fsp3) is 0.455. The molecule has 0 aromatic heterocycles. The van der Waals surface area contributed by atoms with Crippen LogP contribution in [0.4, 0.5) is 0 Å². The molecule has 2 atom stereocenters. The molecule has 0 saturated heterocycles. The Morgan fingerprint density at radius 3 is 3.14 bits per heavy atom. The van der Waals surface area contributed by atoms with Crippen molar-refractivity contribution in [2.75, 3.05) is 13.2 Å². The second kappa shape index (κ2) is 3.98. The Morgan fingerprint density at radius 1 is 1.57 bits per heavy atom. The molecule has 1 unspecified atom stereocenters. The highest BCUT2D eigenvalue weighted by Crippen LogP contribution is 2.31. The van der Waals surface area contributed by atoms with Crippen molar-refractivity contribution in [3.63, 3.8) is 0 Å². The molecule has 0 aliphatic carbocycles. The molecule has 0 amide bonds. The molecule has 2 N–H and O–H groups in total. The van der Waals surface area contributed by atoms with E-state index in [1.54, 1.807) is 6.92 Å². The third-order valence-electron chi connectivity index (χ3n) is 2.36. The molecule has 2 rings (SSSR count). The first-order valence-corrected chi connectivity index (χ1v) is 4.90. The van der Waals surface area contributed by atoms with E-state index in [9.17, 15) is 0 Å². The van der Waals surface area contributed by atoms with E-state index in [1.807, 2.05) is 18.2 Å². The van der Waals surface area contributed by atoms with Crippen molar-refractivity contribution in [2.24, 2.45) is 0 Å². The Hall–Kier alpha value is -1.06. The second-order valence-corrected chi connectivity index (χ2v) is 3.66. The number of fused-ring (bicyclic) bond motifs is 1. The SMILES string of the molecule is C[C@@H](O)CNC1COc2ccccc21. The number of hydrogen-bond acceptors (Lipinski definition) is 3. The Labute approximate surface area is 83.7 Å². The van der Waals surface area contributed by atoms with E-state index in [1.165, 1.54) is 5.56 Å². The van der Waals surface area contributed by atoms with Crippen molar-refractivity contribution in [1.82, 2.24) is 5.32 Å². The van der Waals surface area contributed by atoms with Gasteiger partial charge in [0.25, 0.3) is 0 Å². The van der Waals surface area contributed by atoms with Gasteiger partial charge in [-0.2, -0.15) is 0 Å². The quantitative estimate of drug-likeness (QED) is 0.755. The summed E-state index contributed by atoms with van der Waals surface area (Å²) < 4.78 is 5.50. The first-order valence-electron chi connectivity index (χ1n) is 4.90. The van der Waals surface area contributed by atoms with Crippen LogP contribution in [-0.4, -0.2) is 24.4 Å². The van der Waals surface area contributed by atoms with Crippen LogP contribution >= 0.6 is 0 Å². The van der Waals surface area contributed by atoms with Gasteiger partial charge in [0.05, 0.1) is 12.1 Å². The van der Waals surface area contributed by atoms with Gasteiger partial charge in [0.15, 0.2) is 0 Å². The van der Waals surface area contributed by atoms with E-state index in [4.69, 9.17) is 9.84 Å². The molecule has 0 saturated carbocycles. The van der Waals surface area contributed by atoms with Gasteiger partial charge in [0.2, 0.25) is 0 Å². The highest BCUT2D eigenvalue weighted by atomic mass is 16.5. The number of benzene rings is 1. The normalized spacial score (nSPS) is 21.4. The third-order valence-corrected chi connectivity index (χ3v) is 2.36. The average Bonchev–Trinajstić information content (AvgIpc) is 2.58. The molecule has 0 bridgehead atoms. The molecular weight excluding hydrogens is 178 g/mol. The summed E-state index contributed by atoms with van der Waals surface area (Å²) in [4.78, 5) is 0. The van der Waals surface area contributed by atoms with Crippen LogP contribution < -0.4 is 10.1 Å². The number of nitrogens with one attached hydrogen (secondary N) is 1. The summed E-state index contributed by atoms with van der Waals surface area (Å²) in [5, 5.41) is 12.4. The summed E-state index contributed by atoms with van der Waals surface area (Å²) in [6, 6.07) is 8.22. The molecule has 3 nitrogen and oxygen atoms in total. The van der Waals surface area contributed by atoms with E-state index < -0.39 is 0 Å². The molecule has 1 aliphatic rings. The third kappa shape index (κ3) is 1.89. The molecular formula is C11H15NO2. The molecule has 14 heavy (non-hydrogen) atoms. The summed E-state index contributed by atoms with van der Waals surface area (Å²) in [5.41, 5.74) is 1.19. The first kappa shape index (κ1) is 9.49. The minimum atomic E-state index is -0.317. The molecule has 0 fully saturated rings. The molecule has 76 valence electrons. The highest BCUT2D eigenvalue weighted by Gasteiger charge is 2.22. The van der Waals surface area contributed by atoms with Crippen LogP contribution in [0, 0.1) is 0 Å². The van der Waals surface area contributed by atoms with E-state index in [-0.39, 0.29) is 12.1 Å². The summed E-state index contributed by atoms with van der Waals surface area (Å²) in [5.74, 6) is 0.954. The number of hydrogen-bond donors (Lipinski definition) is 2. The van der Waals surface area contributed by atoms with Crippen molar-refractivity contribution in [3.05, 3.63) is 29.8 Å². The van der Waals surface area contributed by atoms with Crippen LogP contribution in [0.25, 0.3) is 0 Å². The van der Waals surface area contributed by atoms with Gasteiger partial charge in [-0.3, -0.25) is 0 Å². The molecule has 0 radical (unpaired) electrons. The number of aliphatic hydroxyl groups is 1. The zero-order valence-corrected chi connectivity index (χ0v) is 8.23. The minimum Gasteiger partial charge on any atom is -0.491 e. The molecule has 0 spiro atoms. The van der Waals surface area contributed by atoms with Gasteiger partial charge < -0.3 is 15.2 Å². The number of rotatable bonds is 3. The standard InChI is InChI=1S/C11H15NO2/c1-8(13)6-12-10-7-14-11-5-3-2-4-9(10)11/h2-5,8,10,12-13H,6-7H2,1H3/t8-,10?/m1/s1. The van der Waals surface area contributed by atoms with Crippen LogP contribution in [0.5, 0.6) is 5.75 Å². The lowest BCUT2D eigenvalue weighted by Gasteiger charge is -2.12. The predicted molar refractivity (Wildman–Crippen MR) is 54.4 cm³/mol. The topological polar surface area (TPSA) is 41.5 Å². The van der Waals surface area contributed by atoms with E-state index in [0.29, 0.717) is 13.2 Å². The average molecular weight is 193 g/mol. The van der Waals surface area contributed by atoms with Crippen LogP contribution in [0.3, 0.4) is 0 Å². The van der Waals surface area contributed by atoms with Gasteiger partial charge in [0, 0.05) is 12.1 Å². The van der Waals surface area contributed by atoms with Gasteiger partial charge in [-0.15, -0.1) is 0 Å². The number of aliphatic hydroxyl groups excluding tert-OH is 1. The zero-order chi connectivity index (χ0) is 9.97. The van der Waals surface area contributed by atoms with Crippen LogP contribution in [-0.2, 0) is 0 Å². The molecule has 1 aromatic carbocycles. The molecule has 3 heteroatoms. The molecule has 1 aromatic rings. The Morgan fingerprint density at radius 2 is 2.36 bits per heavy atom. The first-order chi connectivity index (χ1) is 6.77. The lowest BCUT2D eigenvalue weighted by Crippen LogP contribution is -2.29. The van der Waals surface area contributed by atoms with E-state index in [2.05, 4.69) is 11.4 Å². The predicted octanol–water partition coefficient (Wildman–Crippen LogP) is 1.09. The van der Waals surface area contributed by atoms with E-state index >= 15 is 0 Å². The van der Waals surface area contributed by atoms with Crippen LogP contribution in [0.1, 0.15) is 18.5 Å². The van der Waals surface area contributed by atoms with Crippen LogP contribution in [0.15, 0.2) is 24.3 Å². The van der Waals surface area contributed by atoms with Gasteiger partial charge in [-0.1, -0.05) is 18.2 Å². The van der Waals surface area contributed by atoms with Crippen molar-refractivity contribution in [2.45, 2.75) is 19.1 Å². The maximum absolute atomic E-state index is 9.16. The van der Waals surface area contributed by atoms with Gasteiger partial charge in [-0.25, -0.2) is 0 Å². The largest absolute Gasteiger partial charge is 0.491 e. The lowest BCUT2D eigenvalue weighted by atomic mass is 10.1. The summed E-state index contributed by atoms with van der Waals surface area (Å²) >= 11 is 0. The van der Waals surface area contributed by atoms with Crippen molar-refractivity contribution in [3.8, 4) is 5.75 Å².